The second-order valence-corrected chi connectivity index (χ2v) is 6.92. The van der Waals surface area contributed by atoms with E-state index in [1.165, 1.54) is 0 Å². The summed E-state index contributed by atoms with van der Waals surface area (Å²) in [5, 5.41) is 0. The Morgan fingerprint density at radius 1 is 1.45 bits per heavy atom. The Kier molecular flexibility index (Phi) is 5.27. The summed E-state index contributed by atoms with van der Waals surface area (Å²) in [4.78, 5) is 20.6. The molecule has 1 aliphatic rings. The highest BCUT2D eigenvalue weighted by atomic mass is 16.6. The Balaban J connectivity index is 2.02. The van der Waals surface area contributed by atoms with Gasteiger partial charge in [-0.25, -0.2) is 4.79 Å². The summed E-state index contributed by atoms with van der Waals surface area (Å²) in [6, 6.07) is 4.15. The van der Waals surface area contributed by atoms with E-state index in [1.807, 2.05) is 51.0 Å². The zero-order chi connectivity index (χ0) is 16.2. The van der Waals surface area contributed by atoms with Gasteiger partial charge >= 0.3 is 6.09 Å². The average molecular weight is 305 g/mol. The lowest BCUT2D eigenvalue weighted by Gasteiger charge is -2.38. The van der Waals surface area contributed by atoms with Gasteiger partial charge in [-0.3, -0.25) is 4.98 Å². The van der Waals surface area contributed by atoms with Crippen LogP contribution < -0.4 is 4.90 Å². The van der Waals surface area contributed by atoms with Crippen LogP contribution >= 0.6 is 0 Å². The number of hydrogen-bond donors (Lipinski definition) is 0. The van der Waals surface area contributed by atoms with Gasteiger partial charge in [-0.15, -0.1) is 0 Å². The molecule has 0 aromatic carbocycles. The summed E-state index contributed by atoms with van der Waals surface area (Å²) in [6.45, 7) is 7.30. The van der Waals surface area contributed by atoms with Gasteiger partial charge in [0.25, 0.3) is 0 Å². The van der Waals surface area contributed by atoms with Crippen LogP contribution in [0.3, 0.4) is 0 Å². The second-order valence-electron chi connectivity index (χ2n) is 6.92. The van der Waals surface area contributed by atoms with E-state index >= 15 is 0 Å². The minimum absolute atomic E-state index is 0.189. The Hall–Kier alpha value is -1.78. The normalized spacial score (nSPS) is 18.9. The highest BCUT2D eigenvalue weighted by Gasteiger charge is 2.31. The van der Waals surface area contributed by atoms with Crippen molar-refractivity contribution in [1.29, 1.82) is 0 Å². The van der Waals surface area contributed by atoms with Crippen LogP contribution in [0.2, 0.25) is 0 Å². The van der Waals surface area contributed by atoms with Gasteiger partial charge in [-0.2, -0.15) is 0 Å². The minimum atomic E-state index is -0.450. The van der Waals surface area contributed by atoms with E-state index in [1.54, 1.807) is 6.20 Å². The molecule has 0 unspecified atom stereocenters. The van der Waals surface area contributed by atoms with Crippen molar-refractivity contribution in [3.63, 3.8) is 0 Å². The molecule has 2 heterocycles. The first-order valence-electron chi connectivity index (χ1n) is 7.97. The van der Waals surface area contributed by atoms with Crippen LogP contribution in [0.25, 0.3) is 0 Å². The molecule has 0 N–H and O–H groups in total. The molecule has 0 radical (unpaired) electrons. The minimum Gasteiger partial charge on any atom is -0.444 e. The van der Waals surface area contributed by atoms with E-state index in [4.69, 9.17) is 4.74 Å². The molecule has 1 amide bonds. The predicted molar refractivity (Wildman–Crippen MR) is 88.1 cm³/mol. The monoisotopic (exact) mass is 305 g/mol. The number of carbonyl (C=O) groups is 1. The Bertz CT molecular complexity index is 484. The molecule has 1 aromatic heterocycles. The lowest BCUT2D eigenvalue weighted by molar-refractivity contribution is 0.0108. The molecule has 0 spiro atoms. The first-order valence-corrected chi connectivity index (χ1v) is 7.97. The van der Waals surface area contributed by atoms with Crippen LogP contribution in [0, 0.1) is 0 Å². The van der Waals surface area contributed by atoms with Crippen molar-refractivity contribution in [2.45, 2.75) is 51.7 Å². The van der Waals surface area contributed by atoms with Gasteiger partial charge in [0.1, 0.15) is 5.60 Å². The molecule has 1 saturated heterocycles. The number of aromatic nitrogens is 1. The smallest absolute Gasteiger partial charge is 0.410 e. The van der Waals surface area contributed by atoms with Crippen molar-refractivity contribution in [2.75, 3.05) is 25.0 Å². The lowest BCUT2D eigenvalue weighted by atomic mass is 10.0. The quantitative estimate of drug-likeness (QED) is 0.859. The number of likely N-dealkylation sites (N-methyl/N-ethyl adjacent to an activating group) is 1. The Morgan fingerprint density at radius 2 is 2.23 bits per heavy atom. The van der Waals surface area contributed by atoms with Gasteiger partial charge in [-0.1, -0.05) is 0 Å². The molecular weight excluding hydrogens is 278 g/mol. The van der Waals surface area contributed by atoms with Crippen LogP contribution in [0.1, 0.15) is 40.0 Å². The molecular formula is C17H27N3O2. The van der Waals surface area contributed by atoms with Gasteiger partial charge in [-0.05, 0) is 52.2 Å². The number of amides is 1. The maximum atomic E-state index is 12.4. The number of anilines is 1. The first kappa shape index (κ1) is 16.6. The lowest BCUT2D eigenvalue weighted by Crippen LogP contribution is -2.50. The fourth-order valence-electron chi connectivity index (χ4n) is 2.75. The van der Waals surface area contributed by atoms with E-state index in [9.17, 15) is 4.79 Å². The van der Waals surface area contributed by atoms with E-state index in [0.717, 1.165) is 38.0 Å². The maximum Gasteiger partial charge on any atom is 0.410 e. The SMILES string of the molecule is CN(C[C@@H]1CCCCN1C(=O)OC(C)(C)C)c1cccnc1. The number of carbonyl (C=O) groups excluding carboxylic acids is 1. The largest absolute Gasteiger partial charge is 0.444 e. The van der Waals surface area contributed by atoms with E-state index < -0.39 is 5.60 Å². The molecule has 1 aromatic rings. The molecule has 5 nitrogen and oxygen atoms in total. The maximum absolute atomic E-state index is 12.4. The first-order chi connectivity index (χ1) is 10.4. The summed E-state index contributed by atoms with van der Waals surface area (Å²) in [6.07, 6.45) is 6.64. The molecule has 2 rings (SSSR count). The van der Waals surface area contributed by atoms with E-state index in [0.29, 0.717) is 0 Å². The Morgan fingerprint density at radius 3 is 2.86 bits per heavy atom. The number of likely N-dealkylation sites (tertiary alicyclic amines) is 1. The summed E-state index contributed by atoms with van der Waals surface area (Å²) >= 11 is 0. The van der Waals surface area contributed by atoms with E-state index in [2.05, 4.69) is 9.88 Å². The molecule has 5 heteroatoms. The van der Waals surface area contributed by atoms with Gasteiger partial charge in [0.2, 0.25) is 0 Å². The highest BCUT2D eigenvalue weighted by Crippen LogP contribution is 2.22. The predicted octanol–water partition coefficient (Wildman–Crippen LogP) is 3.31. The molecule has 0 aliphatic carbocycles. The molecule has 1 atom stereocenters. The van der Waals surface area contributed by atoms with Crippen LogP contribution in [-0.2, 0) is 4.74 Å². The van der Waals surface area contributed by atoms with Crippen molar-refractivity contribution in [2.24, 2.45) is 0 Å². The number of piperidine rings is 1. The standard InChI is InChI=1S/C17H27N3O2/c1-17(2,3)22-16(21)20-11-6-5-8-15(20)13-19(4)14-9-7-10-18-12-14/h7,9-10,12,15H,5-6,8,11,13H2,1-4H3/t15-/m0/s1. The summed E-state index contributed by atoms with van der Waals surface area (Å²) in [5.74, 6) is 0. The zero-order valence-electron chi connectivity index (χ0n) is 14.1. The molecule has 122 valence electrons. The second kappa shape index (κ2) is 6.99. The van der Waals surface area contributed by atoms with Crippen LogP contribution in [-0.4, -0.2) is 47.8 Å². The summed E-state index contributed by atoms with van der Waals surface area (Å²) < 4.78 is 5.55. The number of pyridine rings is 1. The topological polar surface area (TPSA) is 45.7 Å². The fraction of sp³-hybridized carbons (Fsp3) is 0.647. The number of rotatable bonds is 3. The van der Waals surface area contributed by atoms with E-state index in [-0.39, 0.29) is 12.1 Å². The van der Waals surface area contributed by atoms with Crippen LogP contribution in [0.5, 0.6) is 0 Å². The van der Waals surface area contributed by atoms with Crippen molar-refractivity contribution < 1.29 is 9.53 Å². The molecule has 0 bridgehead atoms. The Labute approximate surface area is 133 Å². The number of ether oxygens (including phenoxy) is 1. The molecule has 1 aliphatic heterocycles. The number of hydrogen-bond acceptors (Lipinski definition) is 4. The number of nitrogens with zero attached hydrogens (tertiary/aromatic N) is 3. The highest BCUT2D eigenvalue weighted by molar-refractivity contribution is 5.68. The third-order valence-electron chi connectivity index (χ3n) is 3.83. The third kappa shape index (κ3) is 4.61. The molecule has 0 saturated carbocycles. The third-order valence-corrected chi connectivity index (χ3v) is 3.83. The van der Waals surface area contributed by atoms with Crippen LogP contribution in [0.4, 0.5) is 10.5 Å². The van der Waals surface area contributed by atoms with Crippen LogP contribution in [0.15, 0.2) is 24.5 Å². The van der Waals surface area contributed by atoms with Crippen molar-refractivity contribution in [1.82, 2.24) is 9.88 Å². The molecule has 22 heavy (non-hydrogen) atoms. The average Bonchev–Trinajstić information content (AvgIpc) is 2.47. The molecule has 1 fully saturated rings. The van der Waals surface area contributed by atoms with Gasteiger partial charge < -0.3 is 14.5 Å². The summed E-state index contributed by atoms with van der Waals surface area (Å²) in [5.41, 5.74) is 0.617. The van der Waals surface area contributed by atoms with Crippen molar-refractivity contribution in [3.8, 4) is 0 Å². The fourth-order valence-corrected chi connectivity index (χ4v) is 2.75. The van der Waals surface area contributed by atoms with Gasteiger partial charge in [0, 0.05) is 26.3 Å². The van der Waals surface area contributed by atoms with Gasteiger partial charge in [0.15, 0.2) is 0 Å². The van der Waals surface area contributed by atoms with Crippen molar-refractivity contribution in [3.05, 3.63) is 24.5 Å². The summed E-state index contributed by atoms with van der Waals surface area (Å²) in [7, 11) is 2.04. The zero-order valence-corrected chi connectivity index (χ0v) is 14.1. The van der Waals surface area contributed by atoms with Crippen molar-refractivity contribution >= 4 is 11.8 Å². The van der Waals surface area contributed by atoms with Gasteiger partial charge in [0.05, 0.1) is 17.9 Å².